The maximum atomic E-state index is 12.4. The molecule has 3 aromatic rings. The van der Waals surface area contributed by atoms with E-state index in [1.165, 1.54) is 0 Å². The third kappa shape index (κ3) is 3.40. The molecule has 2 aromatic carbocycles. The number of furan rings is 1. The minimum atomic E-state index is -1.09. The first-order valence-electron chi connectivity index (χ1n) is 8.00. The summed E-state index contributed by atoms with van der Waals surface area (Å²) in [6.07, 6.45) is 1.63. The topological polar surface area (TPSA) is 79.5 Å². The molecule has 1 unspecified atom stereocenters. The van der Waals surface area contributed by atoms with Gasteiger partial charge in [0.15, 0.2) is 6.04 Å². The van der Waals surface area contributed by atoms with Crippen LogP contribution in [0.25, 0.3) is 11.0 Å². The molecule has 1 amide bonds. The third-order valence-corrected chi connectivity index (χ3v) is 4.38. The second-order valence-electron chi connectivity index (χ2n) is 6.07. The summed E-state index contributed by atoms with van der Waals surface area (Å²) in [5.74, 6) is -1.46. The molecule has 0 saturated heterocycles. The lowest BCUT2D eigenvalue weighted by molar-refractivity contribution is -0.141. The number of carboxylic acids is 1. The summed E-state index contributed by atoms with van der Waals surface area (Å²) in [5, 5.41) is 12.9. The number of aliphatic carboxylic acids is 1. The van der Waals surface area contributed by atoms with Crippen molar-refractivity contribution >= 4 is 22.8 Å². The molecular weight excluding hydrogens is 318 g/mol. The minimum absolute atomic E-state index is 0.0616. The van der Waals surface area contributed by atoms with E-state index in [2.05, 4.69) is 5.32 Å². The highest BCUT2D eigenvalue weighted by Crippen LogP contribution is 2.27. The number of amides is 1. The first-order chi connectivity index (χ1) is 12.0. The zero-order chi connectivity index (χ0) is 18.0. The van der Waals surface area contributed by atoms with Crippen LogP contribution in [0.1, 0.15) is 28.3 Å². The Morgan fingerprint density at radius 1 is 1.12 bits per heavy atom. The summed E-state index contributed by atoms with van der Waals surface area (Å²) in [5.41, 5.74) is 4.20. The number of hydrogen-bond donors (Lipinski definition) is 2. The molecule has 25 heavy (non-hydrogen) atoms. The van der Waals surface area contributed by atoms with E-state index >= 15 is 0 Å². The number of aryl methyl sites for hydroxylation is 2. The third-order valence-electron chi connectivity index (χ3n) is 4.38. The van der Waals surface area contributed by atoms with Gasteiger partial charge in [-0.1, -0.05) is 42.5 Å². The van der Waals surface area contributed by atoms with Crippen LogP contribution in [0.5, 0.6) is 0 Å². The molecule has 0 spiro atoms. The second-order valence-corrected chi connectivity index (χ2v) is 6.07. The SMILES string of the molecule is Cc1ccc2c(CC(=O)NC(C(=O)O)c3ccccc3)coc2c1C. The van der Waals surface area contributed by atoms with Crippen LogP contribution in [-0.4, -0.2) is 17.0 Å². The van der Waals surface area contributed by atoms with Gasteiger partial charge < -0.3 is 14.8 Å². The maximum absolute atomic E-state index is 12.4. The van der Waals surface area contributed by atoms with E-state index in [9.17, 15) is 14.7 Å². The summed E-state index contributed by atoms with van der Waals surface area (Å²) >= 11 is 0. The molecule has 3 rings (SSSR count). The van der Waals surface area contributed by atoms with Gasteiger partial charge in [0.2, 0.25) is 5.91 Å². The number of hydrogen-bond acceptors (Lipinski definition) is 3. The molecule has 0 aliphatic carbocycles. The predicted molar refractivity (Wildman–Crippen MR) is 94.4 cm³/mol. The summed E-state index contributed by atoms with van der Waals surface area (Å²) in [6, 6.07) is 11.5. The van der Waals surface area contributed by atoms with Crippen molar-refractivity contribution in [2.45, 2.75) is 26.3 Å². The van der Waals surface area contributed by atoms with Crippen molar-refractivity contribution < 1.29 is 19.1 Å². The molecule has 2 N–H and O–H groups in total. The lowest BCUT2D eigenvalue weighted by Crippen LogP contribution is -2.34. The Hall–Kier alpha value is -3.08. The molecule has 0 bridgehead atoms. The number of benzene rings is 2. The molecular formula is C20H19NO4. The fraction of sp³-hybridized carbons (Fsp3) is 0.200. The lowest BCUT2D eigenvalue weighted by atomic mass is 10.0. The van der Waals surface area contributed by atoms with Crippen LogP contribution < -0.4 is 5.32 Å². The van der Waals surface area contributed by atoms with Gasteiger partial charge in [-0.15, -0.1) is 0 Å². The van der Waals surface area contributed by atoms with Crippen LogP contribution in [0.2, 0.25) is 0 Å². The van der Waals surface area contributed by atoms with Crippen LogP contribution in [-0.2, 0) is 16.0 Å². The molecule has 0 fully saturated rings. The lowest BCUT2D eigenvalue weighted by Gasteiger charge is -2.14. The van der Waals surface area contributed by atoms with Crippen molar-refractivity contribution in [1.29, 1.82) is 0 Å². The van der Waals surface area contributed by atoms with Crippen molar-refractivity contribution in [2.75, 3.05) is 0 Å². The van der Waals surface area contributed by atoms with Gasteiger partial charge in [-0.05, 0) is 30.5 Å². The Labute approximate surface area is 145 Å². The van der Waals surface area contributed by atoms with Crippen molar-refractivity contribution in [1.82, 2.24) is 5.32 Å². The van der Waals surface area contributed by atoms with Crippen molar-refractivity contribution in [3.8, 4) is 0 Å². The zero-order valence-electron chi connectivity index (χ0n) is 14.1. The van der Waals surface area contributed by atoms with E-state index in [0.717, 1.165) is 27.7 Å². The highest BCUT2D eigenvalue weighted by atomic mass is 16.4. The molecule has 0 saturated carbocycles. The number of fused-ring (bicyclic) bond motifs is 1. The zero-order valence-corrected chi connectivity index (χ0v) is 14.1. The molecule has 0 aliphatic rings. The van der Waals surface area contributed by atoms with E-state index < -0.39 is 12.0 Å². The van der Waals surface area contributed by atoms with Gasteiger partial charge in [-0.3, -0.25) is 4.79 Å². The van der Waals surface area contributed by atoms with E-state index in [4.69, 9.17) is 4.42 Å². The van der Waals surface area contributed by atoms with E-state index in [1.54, 1.807) is 36.6 Å². The van der Waals surface area contributed by atoms with Crippen LogP contribution in [0.4, 0.5) is 0 Å². The largest absolute Gasteiger partial charge is 0.479 e. The number of nitrogens with one attached hydrogen (secondary N) is 1. The predicted octanol–water partition coefficient (Wildman–Crippen LogP) is 3.53. The van der Waals surface area contributed by atoms with Crippen LogP contribution in [0, 0.1) is 13.8 Å². The van der Waals surface area contributed by atoms with Crippen molar-refractivity contribution in [3.05, 3.63) is 71.0 Å². The second kappa shape index (κ2) is 6.81. The fourth-order valence-electron chi connectivity index (χ4n) is 2.84. The van der Waals surface area contributed by atoms with E-state index in [1.807, 2.05) is 26.0 Å². The van der Waals surface area contributed by atoms with Gasteiger partial charge in [0, 0.05) is 10.9 Å². The molecule has 1 aromatic heterocycles. The molecule has 5 nitrogen and oxygen atoms in total. The molecule has 5 heteroatoms. The molecule has 0 radical (unpaired) electrons. The Morgan fingerprint density at radius 3 is 2.52 bits per heavy atom. The van der Waals surface area contributed by atoms with E-state index in [-0.39, 0.29) is 12.3 Å². The van der Waals surface area contributed by atoms with Gasteiger partial charge in [0.05, 0.1) is 12.7 Å². The average molecular weight is 337 g/mol. The van der Waals surface area contributed by atoms with Gasteiger partial charge in [0.1, 0.15) is 5.58 Å². The highest BCUT2D eigenvalue weighted by Gasteiger charge is 2.22. The smallest absolute Gasteiger partial charge is 0.330 e. The Bertz CT molecular complexity index is 928. The van der Waals surface area contributed by atoms with E-state index in [0.29, 0.717) is 5.56 Å². The monoisotopic (exact) mass is 337 g/mol. The van der Waals surface area contributed by atoms with Crippen LogP contribution in [0.15, 0.2) is 53.1 Å². The van der Waals surface area contributed by atoms with Crippen molar-refractivity contribution in [3.63, 3.8) is 0 Å². The number of carboxylic acid groups (broad SMARTS) is 1. The fourth-order valence-corrected chi connectivity index (χ4v) is 2.84. The number of rotatable bonds is 5. The summed E-state index contributed by atoms with van der Waals surface area (Å²) in [7, 11) is 0. The Balaban J connectivity index is 1.80. The minimum Gasteiger partial charge on any atom is -0.479 e. The van der Waals surface area contributed by atoms with Gasteiger partial charge in [-0.25, -0.2) is 4.79 Å². The Morgan fingerprint density at radius 2 is 1.84 bits per heavy atom. The van der Waals surface area contributed by atoms with Crippen molar-refractivity contribution in [2.24, 2.45) is 0 Å². The van der Waals surface area contributed by atoms with Gasteiger partial charge in [0.25, 0.3) is 0 Å². The van der Waals surface area contributed by atoms with Crippen LogP contribution in [0.3, 0.4) is 0 Å². The summed E-state index contributed by atoms with van der Waals surface area (Å²) in [6.45, 7) is 3.97. The summed E-state index contributed by atoms with van der Waals surface area (Å²) < 4.78 is 5.60. The standard InChI is InChI=1S/C20H19NO4/c1-12-8-9-16-15(11-25-19(16)13(12)2)10-17(22)21-18(20(23)24)14-6-4-3-5-7-14/h3-9,11,18H,10H2,1-2H3,(H,21,22)(H,23,24). The Kier molecular flexibility index (Phi) is 4.57. The molecule has 0 aliphatic heterocycles. The normalized spacial score (nSPS) is 12.1. The molecule has 1 heterocycles. The first kappa shape index (κ1) is 16.8. The quantitative estimate of drug-likeness (QED) is 0.746. The summed E-state index contributed by atoms with van der Waals surface area (Å²) in [4.78, 5) is 23.9. The van der Waals surface area contributed by atoms with Gasteiger partial charge in [-0.2, -0.15) is 0 Å². The number of carbonyl (C=O) groups excluding carboxylic acids is 1. The first-order valence-corrected chi connectivity index (χ1v) is 8.00. The maximum Gasteiger partial charge on any atom is 0.330 e. The average Bonchev–Trinajstić information content (AvgIpc) is 3.00. The van der Waals surface area contributed by atoms with Gasteiger partial charge >= 0.3 is 5.97 Å². The molecule has 128 valence electrons. The highest BCUT2D eigenvalue weighted by molar-refractivity contribution is 5.91. The van der Waals surface area contributed by atoms with Crippen LogP contribution >= 0.6 is 0 Å². The number of carbonyl (C=O) groups is 2. The molecule has 1 atom stereocenters.